The highest BCUT2D eigenvalue weighted by Crippen LogP contribution is 2.44. The number of rotatable bonds is 8. The Bertz CT molecular complexity index is 881. The number of ether oxygens (including phenoxy) is 1. The lowest BCUT2D eigenvalue weighted by Crippen LogP contribution is -2.41. The first-order valence-electron chi connectivity index (χ1n) is 9.40. The third-order valence-corrected chi connectivity index (χ3v) is 5.06. The van der Waals surface area contributed by atoms with Gasteiger partial charge in [0.15, 0.2) is 5.60 Å². The largest absolute Gasteiger partial charge is 0.494 e. The van der Waals surface area contributed by atoms with E-state index in [1.807, 2.05) is 24.3 Å². The van der Waals surface area contributed by atoms with Gasteiger partial charge in [-0.15, -0.1) is 0 Å². The highest BCUT2D eigenvalue weighted by molar-refractivity contribution is 6.31. The van der Waals surface area contributed by atoms with Crippen molar-refractivity contribution in [1.29, 1.82) is 0 Å². The van der Waals surface area contributed by atoms with E-state index in [4.69, 9.17) is 16.3 Å². The molecule has 0 fully saturated rings. The fourth-order valence-electron chi connectivity index (χ4n) is 3.42. The molecule has 0 spiro atoms. The number of hydrogen-bond acceptors (Lipinski definition) is 4. The van der Waals surface area contributed by atoms with Crippen LogP contribution < -0.4 is 9.64 Å². The van der Waals surface area contributed by atoms with Crippen LogP contribution in [0.5, 0.6) is 5.75 Å². The quantitative estimate of drug-likeness (QED) is 0.672. The second kappa shape index (κ2) is 8.33. The SMILES string of the molecule is CCCCOc1ccc(CN2C(=O)C(O)(CC(C)=O)c3cc(Cl)ccc32)cc1. The van der Waals surface area contributed by atoms with Gasteiger partial charge in [0.1, 0.15) is 11.5 Å². The highest BCUT2D eigenvalue weighted by atomic mass is 35.5. The number of carbonyl (C=O) groups is 2. The number of Topliss-reactive ketones (excluding diaryl/α,β-unsaturated/α-hetero) is 1. The summed E-state index contributed by atoms with van der Waals surface area (Å²) in [5, 5.41) is 11.4. The Morgan fingerprint density at radius 1 is 1.21 bits per heavy atom. The second-order valence-corrected chi connectivity index (χ2v) is 7.57. The average molecular weight is 402 g/mol. The lowest BCUT2D eigenvalue weighted by atomic mass is 9.90. The zero-order chi connectivity index (χ0) is 20.3. The molecule has 1 aliphatic heterocycles. The van der Waals surface area contributed by atoms with Crippen LogP contribution in [0, 0.1) is 0 Å². The maximum atomic E-state index is 13.0. The molecule has 1 N–H and O–H groups in total. The Hall–Kier alpha value is -2.37. The predicted octanol–water partition coefficient (Wildman–Crippen LogP) is 4.23. The standard InChI is InChI=1S/C22H24ClNO4/c1-3-4-11-28-18-8-5-16(6-9-18)14-24-20-10-7-17(23)12-19(20)22(27,21(24)26)13-15(2)25/h5-10,12,27H,3-4,11,13-14H2,1-2H3. The van der Waals surface area contributed by atoms with Gasteiger partial charge < -0.3 is 14.7 Å². The van der Waals surface area contributed by atoms with Crippen molar-refractivity contribution in [3.63, 3.8) is 0 Å². The Kier molecular flexibility index (Phi) is 6.06. The first-order valence-corrected chi connectivity index (χ1v) is 9.78. The van der Waals surface area contributed by atoms with Gasteiger partial charge in [0.2, 0.25) is 0 Å². The Morgan fingerprint density at radius 3 is 2.57 bits per heavy atom. The maximum absolute atomic E-state index is 13.0. The molecule has 0 aromatic heterocycles. The van der Waals surface area contributed by atoms with Gasteiger partial charge in [-0.25, -0.2) is 0 Å². The van der Waals surface area contributed by atoms with Gasteiger partial charge in [-0.1, -0.05) is 37.1 Å². The maximum Gasteiger partial charge on any atom is 0.264 e. The Morgan fingerprint density at radius 2 is 1.93 bits per heavy atom. The van der Waals surface area contributed by atoms with Crippen LogP contribution in [0.25, 0.3) is 0 Å². The van der Waals surface area contributed by atoms with Crippen molar-refractivity contribution < 1.29 is 19.4 Å². The molecule has 1 aliphatic rings. The van der Waals surface area contributed by atoms with Crippen LogP contribution in [0.2, 0.25) is 5.02 Å². The molecule has 2 aromatic carbocycles. The van der Waals surface area contributed by atoms with Gasteiger partial charge in [0.25, 0.3) is 5.91 Å². The number of nitrogens with zero attached hydrogens (tertiary/aromatic N) is 1. The molecule has 6 heteroatoms. The molecule has 0 saturated heterocycles. The van der Waals surface area contributed by atoms with Crippen molar-refractivity contribution in [3.05, 3.63) is 58.6 Å². The van der Waals surface area contributed by atoms with Gasteiger partial charge >= 0.3 is 0 Å². The first kappa shape index (κ1) is 20.4. The molecule has 2 aromatic rings. The number of halogens is 1. The van der Waals surface area contributed by atoms with Crippen LogP contribution in [0.3, 0.4) is 0 Å². The molecule has 0 aliphatic carbocycles. The van der Waals surface area contributed by atoms with Gasteiger partial charge in [-0.05, 0) is 49.2 Å². The number of ketones is 1. The van der Waals surface area contributed by atoms with E-state index in [0.717, 1.165) is 24.2 Å². The van der Waals surface area contributed by atoms with Crippen molar-refractivity contribution in [1.82, 2.24) is 0 Å². The number of benzene rings is 2. The molecular formula is C22H24ClNO4. The van der Waals surface area contributed by atoms with Gasteiger partial charge in [0.05, 0.1) is 18.8 Å². The minimum absolute atomic E-state index is 0.266. The molecule has 1 unspecified atom stereocenters. The topological polar surface area (TPSA) is 66.8 Å². The molecule has 148 valence electrons. The Balaban J connectivity index is 1.84. The summed E-state index contributed by atoms with van der Waals surface area (Å²) < 4.78 is 5.67. The average Bonchev–Trinajstić information content (AvgIpc) is 2.84. The summed E-state index contributed by atoms with van der Waals surface area (Å²) in [5.41, 5.74) is -0.0414. The molecule has 0 saturated carbocycles. The summed E-state index contributed by atoms with van der Waals surface area (Å²) in [4.78, 5) is 26.2. The number of amides is 1. The molecule has 3 rings (SSSR count). The third-order valence-electron chi connectivity index (χ3n) is 4.83. The van der Waals surface area contributed by atoms with Gasteiger partial charge in [-0.3, -0.25) is 9.59 Å². The first-order chi connectivity index (χ1) is 13.3. The molecule has 5 nitrogen and oxygen atoms in total. The van der Waals surface area contributed by atoms with Gasteiger partial charge in [0, 0.05) is 17.0 Å². The van der Waals surface area contributed by atoms with E-state index >= 15 is 0 Å². The zero-order valence-corrected chi connectivity index (χ0v) is 16.8. The molecular weight excluding hydrogens is 378 g/mol. The second-order valence-electron chi connectivity index (χ2n) is 7.14. The number of anilines is 1. The normalized spacial score (nSPS) is 18.3. The summed E-state index contributed by atoms with van der Waals surface area (Å²) >= 11 is 6.07. The fraction of sp³-hybridized carbons (Fsp3) is 0.364. The minimum Gasteiger partial charge on any atom is -0.494 e. The molecule has 1 heterocycles. The van der Waals surface area contributed by atoms with E-state index in [0.29, 0.717) is 22.9 Å². The lowest BCUT2D eigenvalue weighted by molar-refractivity contribution is -0.141. The van der Waals surface area contributed by atoms with Crippen molar-refractivity contribution in [3.8, 4) is 5.75 Å². The van der Waals surface area contributed by atoms with Crippen LogP contribution in [0.4, 0.5) is 5.69 Å². The Labute approximate surface area is 169 Å². The monoisotopic (exact) mass is 401 g/mol. The number of fused-ring (bicyclic) bond motifs is 1. The van der Waals surface area contributed by atoms with Crippen molar-refractivity contribution in [2.75, 3.05) is 11.5 Å². The molecule has 1 amide bonds. The smallest absolute Gasteiger partial charge is 0.264 e. The summed E-state index contributed by atoms with van der Waals surface area (Å²) in [6.45, 7) is 4.42. The summed E-state index contributed by atoms with van der Waals surface area (Å²) in [7, 11) is 0. The number of aliphatic hydroxyl groups is 1. The van der Waals surface area contributed by atoms with E-state index < -0.39 is 11.5 Å². The van der Waals surface area contributed by atoms with Crippen LogP contribution in [0.15, 0.2) is 42.5 Å². The molecule has 0 bridgehead atoms. The van der Waals surface area contributed by atoms with Crippen molar-refractivity contribution in [2.45, 2.75) is 45.3 Å². The van der Waals surface area contributed by atoms with Crippen LogP contribution in [-0.2, 0) is 21.7 Å². The van der Waals surface area contributed by atoms with E-state index in [1.54, 1.807) is 18.2 Å². The summed E-state index contributed by atoms with van der Waals surface area (Å²) in [6.07, 6.45) is 1.79. The van der Waals surface area contributed by atoms with E-state index in [1.165, 1.54) is 11.8 Å². The third kappa shape index (κ3) is 4.05. The molecule has 1 atom stereocenters. The fourth-order valence-corrected chi connectivity index (χ4v) is 3.59. The van der Waals surface area contributed by atoms with Crippen LogP contribution in [-0.4, -0.2) is 23.4 Å². The van der Waals surface area contributed by atoms with E-state index in [-0.39, 0.29) is 18.7 Å². The number of hydrogen-bond donors (Lipinski definition) is 1. The lowest BCUT2D eigenvalue weighted by Gasteiger charge is -2.22. The zero-order valence-electron chi connectivity index (χ0n) is 16.1. The van der Waals surface area contributed by atoms with E-state index in [2.05, 4.69) is 6.92 Å². The van der Waals surface area contributed by atoms with Gasteiger partial charge in [-0.2, -0.15) is 0 Å². The van der Waals surface area contributed by atoms with Crippen molar-refractivity contribution >= 4 is 29.0 Å². The minimum atomic E-state index is -1.88. The van der Waals surface area contributed by atoms with Crippen molar-refractivity contribution in [2.24, 2.45) is 0 Å². The molecule has 28 heavy (non-hydrogen) atoms. The highest BCUT2D eigenvalue weighted by Gasteiger charge is 2.50. The van der Waals surface area contributed by atoms with E-state index in [9.17, 15) is 14.7 Å². The predicted molar refractivity (Wildman–Crippen MR) is 109 cm³/mol. The molecule has 0 radical (unpaired) electrons. The number of carbonyl (C=O) groups excluding carboxylic acids is 2. The summed E-state index contributed by atoms with van der Waals surface area (Å²) in [6, 6.07) is 12.5. The van der Waals surface area contributed by atoms with Crippen LogP contribution in [0.1, 0.15) is 44.2 Å². The van der Waals surface area contributed by atoms with Crippen LogP contribution >= 0.6 is 11.6 Å². The number of unbranched alkanes of at least 4 members (excludes halogenated alkanes) is 1. The summed E-state index contributed by atoms with van der Waals surface area (Å²) in [5.74, 6) is 0.00524.